The third-order valence-corrected chi connectivity index (χ3v) is 4.27. The highest BCUT2D eigenvalue weighted by Crippen LogP contribution is 2.24. The summed E-state index contributed by atoms with van der Waals surface area (Å²) in [4.78, 5) is 4.58. The van der Waals surface area contributed by atoms with Crippen molar-refractivity contribution < 1.29 is 5.11 Å². The van der Waals surface area contributed by atoms with Crippen molar-refractivity contribution in [3.63, 3.8) is 0 Å². The van der Waals surface area contributed by atoms with E-state index in [-0.39, 0.29) is 0 Å². The fourth-order valence-electron chi connectivity index (χ4n) is 3.10. The fraction of sp³-hybridized carbons (Fsp3) is 0.529. The van der Waals surface area contributed by atoms with Gasteiger partial charge < -0.3 is 10.4 Å². The Kier molecular flexibility index (Phi) is 4.43. The summed E-state index contributed by atoms with van der Waals surface area (Å²) in [5, 5.41) is 17.5. The van der Waals surface area contributed by atoms with Gasteiger partial charge in [0, 0.05) is 12.6 Å². The maximum absolute atomic E-state index is 9.32. The van der Waals surface area contributed by atoms with Crippen molar-refractivity contribution in [1.82, 2.24) is 20.1 Å². The van der Waals surface area contributed by atoms with Gasteiger partial charge in [0.1, 0.15) is 17.4 Å². The van der Waals surface area contributed by atoms with Crippen LogP contribution in [0.5, 0.6) is 5.75 Å². The smallest absolute Gasteiger partial charge is 0.147 e. The Morgan fingerprint density at radius 2 is 2.14 bits per heavy atom. The second-order valence-electron chi connectivity index (χ2n) is 6.21. The van der Waals surface area contributed by atoms with Crippen molar-refractivity contribution in [3.05, 3.63) is 41.5 Å². The second-order valence-corrected chi connectivity index (χ2v) is 6.21. The van der Waals surface area contributed by atoms with Gasteiger partial charge in [-0.2, -0.15) is 5.10 Å². The molecular formula is C17H24N4O. The number of phenolic OH excluding ortho intramolecular Hbond substituents is 1. The third kappa shape index (κ3) is 3.47. The molecule has 0 radical (unpaired) electrons. The molecule has 0 bridgehead atoms. The predicted molar refractivity (Wildman–Crippen MR) is 85.8 cm³/mol. The minimum atomic E-state index is 0.310. The van der Waals surface area contributed by atoms with Crippen LogP contribution in [0.2, 0.25) is 0 Å². The van der Waals surface area contributed by atoms with Gasteiger partial charge in [0.2, 0.25) is 0 Å². The number of nitrogens with zero attached hydrogens (tertiary/aromatic N) is 3. The lowest BCUT2D eigenvalue weighted by Gasteiger charge is -2.26. The van der Waals surface area contributed by atoms with Gasteiger partial charge in [-0.3, -0.25) is 0 Å². The van der Waals surface area contributed by atoms with Crippen LogP contribution in [0.1, 0.15) is 49.4 Å². The topological polar surface area (TPSA) is 63.0 Å². The number of rotatable bonds is 5. The third-order valence-electron chi connectivity index (χ3n) is 4.27. The molecule has 0 spiro atoms. The largest absolute Gasteiger partial charge is 0.508 e. The molecule has 2 heterocycles. The molecule has 22 heavy (non-hydrogen) atoms. The Hall–Kier alpha value is -1.88. The van der Waals surface area contributed by atoms with Crippen LogP contribution in [-0.4, -0.2) is 25.9 Å². The summed E-state index contributed by atoms with van der Waals surface area (Å²) in [5.74, 6) is 2.27. The lowest BCUT2D eigenvalue weighted by Crippen LogP contribution is -2.35. The molecule has 1 aliphatic heterocycles. The Balaban J connectivity index is 1.56. The van der Waals surface area contributed by atoms with E-state index in [2.05, 4.69) is 22.3 Å². The van der Waals surface area contributed by atoms with Crippen molar-refractivity contribution in [3.8, 4) is 5.75 Å². The number of hydrogen-bond donors (Lipinski definition) is 2. The number of benzene rings is 1. The molecule has 0 aliphatic carbocycles. The SMILES string of the molecule is Cc1nc2n(n1)CCC[C@@H]2N[C@H](C)CCc1ccc(O)cc1. The molecule has 5 nitrogen and oxygen atoms in total. The zero-order valence-electron chi connectivity index (χ0n) is 13.3. The average molecular weight is 300 g/mol. The quantitative estimate of drug-likeness (QED) is 0.891. The lowest BCUT2D eigenvalue weighted by molar-refractivity contribution is 0.335. The zero-order valence-corrected chi connectivity index (χ0v) is 13.3. The molecule has 2 N–H and O–H groups in total. The summed E-state index contributed by atoms with van der Waals surface area (Å²) >= 11 is 0. The molecule has 1 aromatic heterocycles. The van der Waals surface area contributed by atoms with Gasteiger partial charge >= 0.3 is 0 Å². The normalized spacial score (nSPS) is 18.9. The van der Waals surface area contributed by atoms with Gasteiger partial charge in [-0.25, -0.2) is 9.67 Å². The van der Waals surface area contributed by atoms with Crippen molar-refractivity contribution in [2.75, 3.05) is 0 Å². The number of phenols is 1. The van der Waals surface area contributed by atoms with Crippen LogP contribution in [0.15, 0.2) is 24.3 Å². The van der Waals surface area contributed by atoms with Crippen molar-refractivity contribution in [1.29, 1.82) is 0 Å². The van der Waals surface area contributed by atoms with Gasteiger partial charge in [0.25, 0.3) is 0 Å². The minimum Gasteiger partial charge on any atom is -0.508 e. The molecule has 0 saturated heterocycles. The van der Waals surface area contributed by atoms with Crippen LogP contribution < -0.4 is 5.32 Å². The van der Waals surface area contributed by atoms with Crippen LogP contribution in [0.25, 0.3) is 0 Å². The summed E-state index contributed by atoms with van der Waals surface area (Å²) in [7, 11) is 0. The van der Waals surface area contributed by atoms with E-state index in [1.165, 1.54) is 5.56 Å². The molecule has 3 rings (SSSR count). The number of fused-ring (bicyclic) bond motifs is 1. The van der Waals surface area contributed by atoms with Gasteiger partial charge in [0.15, 0.2) is 0 Å². The minimum absolute atomic E-state index is 0.310. The summed E-state index contributed by atoms with van der Waals surface area (Å²) in [6.07, 6.45) is 4.35. The Morgan fingerprint density at radius 1 is 1.36 bits per heavy atom. The highest BCUT2D eigenvalue weighted by molar-refractivity contribution is 5.25. The van der Waals surface area contributed by atoms with E-state index in [0.29, 0.717) is 17.8 Å². The van der Waals surface area contributed by atoms with Crippen LogP contribution in [0.3, 0.4) is 0 Å². The van der Waals surface area contributed by atoms with E-state index >= 15 is 0 Å². The number of hydrogen-bond acceptors (Lipinski definition) is 4. The lowest BCUT2D eigenvalue weighted by atomic mass is 10.0. The van der Waals surface area contributed by atoms with Gasteiger partial charge in [0.05, 0.1) is 6.04 Å². The Morgan fingerprint density at radius 3 is 2.91 bits per heavy atom. The molecule has 5 heteroatoms. The van der Waals surface area contributed by atoms with Crippen LogP contribution in [0.4, 0.5) is 0 Å². The molecule has 0 saturated carbocycles. The number of nitrogens with one attached hydrogen (secondary N) is 1. The Bertz CT molecular complexity index is 620. The molecule has 2 atom stereocenters. The van der Waals surface area contributed by atoms with E-state index in [0.717, 1.165) is 43.9 Å². The zero-order chi connectivity index (χ0) is 15.5. The molecule has 1 aliphatic rings. The highest BCUT2D eigenvalue weighted by atomic mass is 16.3. The number of aromatic hydroxyl groups is 1. The van der Waals surface area contributed by atoms with Crippen LogP contribution >= 0.6 is 0 Å². The Labute approximate surface area is 131 Å². The molecule has 1 aromatic carbocycles. The molecule has 0 unspecified atom stereocenters. The first kappa shape index (κ1) is 15.0. The summed E-state index contributed by atoms with van der Waals surface area (Å²) in [6.45, 7) is 5.16. The summed E-state index contributed by atoms with van der Waals surface area (Å²) < 4.78 is 2.04. The van der Waals surface area contributed by atoms with Crippen molar-refractivity contribution in [2.45, 2.75) is 58.2 Å². The molecule has 118 valence electrons. The van der Waals surface area contributed by atoms with Crippen molar-refractivity contribution in [2.24, 2.45) is 0 Å². The number of aromatic nitrogens is 3. The second kappa shape index (κ2) is 6.48. The first-order chi connectivity index (χ1) is 10.6. The van der Waals surface area contributed by atoms with E-state index in [9.17, 15) is 5.11 Å². The number of aryl methyl sites for hydroxylation is 3. The highest BCUT2D eigenvalue weighted by Gasteiger charge is 2.24. The monoisotopic (exact) mass is 300 g/mol. The maximum Gasteiger partial charge on any atom is 0.147 e. The van der Waals surface area contributed by atoms with E-state index < -0.39 is 0 Å². The van der Waals surface area contributed by atoms with Gasteiger partial charge in [-0.1, -0.05) is 12.1 Å². The van der Waals surface area contributed by atoms with E-state index in [1.54, 1.807) is 12.1 Å². The van der Waals surface area contributed by atoms with Gasteiger partial charge in [-0.15, -0.1) is 0 Å². The molecule has 2 aromatic rings. The average Bonchev–Trinajstić information content (AvgIpc) is 2.88. The van der Waals surface area contributed by atoms with Crippen molar-refractivity contribution >= 4 is 0 Å². The fourth-order valence-corrected chi connectivity index (χ4v) is 3.10. The molecular weight excluding hydrogens is 276 g/mol. The summed E-state index contributed by atoms with van der Waals surface area (Å²) in [6, 6.07) is 8.21. The van der Waals surface area contributed by atoms with E-state index in [4.69, 9.17) is 0 Å². The maximum atomic E-state index is 9.32. The van der Waals surface area contributed by atoms with Gasteiger partial charge in [-0.05, 0) is 57.2 Å². The summed E-state index contributed by atoms with van der Waals surface area (Å²) in [5.41, 5.74) is 1.26. The molecule has 0 amide bonds. The van der Waals surface area contributed by atoms with Crippen LogP contribution in [-0.2, 0) is 13.0 Å². The predicted octanol–water partition coefficient (Wildman–Crippen LogP) is 2.74. The molecule has 0 fully saturated rings. The first-order valence-electron chi connectivity index (χ1n) is 8.07. The first-order valence-corrected chi connectivity index (χ1v) is 8.07. The standard InChI is InChI=1S/C17H24N4O/c1-12(5-6-14-7-9-15(22)10-8-14)18-16-4-3-11-21-17(16)19-13(2)20-21/h7-10,12,16,18,22H,3-6,11H2,1-2H3/t12-,16+/m1/s1. The van der Waals surface area contributed by atoms with Crippen LogP contribution in [0, 0.1) is 6.92 Å². The van der Waals surface area contributed by atoms with E-state index in [1.807, 2.05) is 23.7 Å².